The maximum absolute atomic E-state index is 13.7. The van der Waals surface area contributed by atoms with Crippen LogP contribution in [0.5, 0.6) is 0 Å². The third kappa shape index (κ3) is 3.59. The highest BCUT2D eigenvalue weighted by Crippen LogP contribution is 2.22. The molecule has 0 unspecified atom stereocenters. The summed E-state index contributed by atoms with van der Waals surface area (Å²) in [7, 11) is 1.87. The van der Waals surface area contributed by atoms with Crippen molar-refractivity contribution in [3.8, 4) is 0 Å². The molecule has 112 valence electrons. The number of hydrogen-bond acceptors (Lipinski definition) is 2. The van der Waals surface area contributed by atoms with E-state index in [0.717, 1.165) is 25.0 Å². The van der Waals surface area contributed by atoms with Crippen molar-refractivity contribution < 1.29 is 13.6 Å². The van der Waals surface area contributed by atoms with Gasteiger partial charge in [0.25, 0.3) is 5.91 Å². The van der Waals surface area contributed by atoms with E-state index in [0.29, 0.717) is 19.1 Å². The molecule has 1 amide bonds. The molecule has 1 fully saturated rings. The molecule has 0 radical (unpaired) electrons. The zero-order chi connectivity index (χ0) is 14.0. The Balaban J connectivity index is 0.00000200. The van der Waals surface area contributed by atoms with Crippen molar-refractivity contribution >= 4 is 29.9 Å². The Morgan fingerprint density at radius 2 is 1.90 bits per heavy atom. The fourth-order valence-electron chi connectivity index (χ4n) is 2.23. The molecule has 2 rings (SSSR count). The summed E-state index contributed by atoms with van der Waals surface area (Å²) in [5.74, 6) is -2.05. The number of likely N-dealkylation sites (tertiary alicyclic amines) is 1. The summed E-state index contributed by atoms with van der Waals surface area (Å²) in [6.45, 7) is 1.07. The topological polar surface area (TPSA) is 32.3 Å². The maximum Gasteiger partial charge on any atom is 0.256 e. The van der Waals surface area contributed by atoms with Crippen molar-refractivity contribution in [3.63, 3.8) is 0 Å². The number of benzene rings is 1. The molecule has 1 aliphatic rings. The Hall–Kier alpha value is -0.910. The van der Waals surface area contributed by atoms with Crippen LogP contribution < -0.4 is 5.32 Å². The number of carbonyl (C=O) groups excluding carboxylic acids is 1. The number of halogens is 4. The average molecular weight is 325 g/mol. The monoisotopic (exact) mass is 324 g/mol. The van der Waals surface area contributed by atoms with Gasteiger partial charge in [0, 0.05) is 19.1 Å². The summed E-state index contributed by atoms with van der Waals surface area (Å²) in [4.78, 5) is 13.7. The van der Waals surface area contributed by atoms with E-state index in [-0.39, 0.29) is 23.0 Å². The lowest BCUT2D eigenvalue weighted by molar-refractivity contribution is 0.0702. The normalized spacial score (nSPS) is 15.9. The SMILES string of the molecule is CNC1CCN(C(=O)c2cc(F)c(Cl)cc2F)CC1.Cl. The molecule has 0 spiro atoms. The van der Waals surface area contributed by atoms with Gasteiger partial charge >= 0.3 is 0 Å². The molecule has 1 aliphatic heterocycles. The number of nitrogens with one attached hydrogen (secondary N) is 1. The highest BCUT2D eigenvalue weighted by Gasteiger charge is 2.25. The van der Waals surface area contributed by atoms with Gasteiger partial charge < -0.3 is 10.2 Å². The molecule has 1 heterocycles. The predicted octanol–water partition coefficient (Wildman–Crippen LogP) is 2.86. The predicted molar refractivity (Wildman–Crippen MR) is 76.6 cm³/mol. The van der Waals surface area contributed by atoms with Gasteiger partial charge in [-0.1, -0.05) is 11.6 Å². The molecular formula is C13H16Cl2F2N2O. The first-order valence-corrected chi connectivity index (χ1v) is 6.51. The smallest absolute Gasteiger partial charge is 0.256 e. The van der Waals surface area contributed by atoms with Crippen LogP contribution in [0.2, 0.25) is 5.02 Å². The van der Waals surface area contributed by atoms with Crippen molar-refractivity contribution in [1.29, 1.82) is 0 Å². The number of carbonyl (C=O) groups is 1. The second kappa shape index (κ2) is 7.20. The second-order valence-electron chi connectivity index (χ2n) is 4.60. The lowest BCUT2D eigenvalue weighted by Crippen LogP contribution is -2.44. The van der Waals surface area contributed by atoms with E-state index >= 15 is 0 Å². The van der Waals surface area contributed by atoms with Gasteiger partial charge in [-0.15, -0.1) is 12.4 Å². The molecule has 1 aromatic rings. The van der Waals surface area contributed by atoms with Crippen molar-refractivity contribution in [2.24, 2.45) is 0 Å². The number of amides is 1. The Morgan fingerprint density at radius 1 is 1.30 bits per heavy atom. The maximum atomic E-state index is 13.7. The van der Waals surface area contributed by atoms with Gasteiger partial charge in [-0.05, 0) is 32.0 Å². The van der Waals surface area contributed by atoms with Crippen LogP contribution in [0.4, 0.5) is 8.78 Å². The molecule has 7 heteroatoms. The molecule has 20 heavy (non-hydrogen) atoms. The van der Waals surface area contributed by atoms with Gasteiger partial charge in [-0.2, -0.15) is 0 Å². The minimum Gasteiger partial charge on any atom is -0.338 e. The Bertz CT molecular complexity index is 492. The summed E-state index contributed by atoms with van der Waals surface area (Å²) in [5, 5.41) is 2.82. The van der Waals surface area contributed by atoms with Crippen LogP contribution in [0.15, 0.2) is 12.1 Å². The molecule has 0 bridgehead atoms. The zero-order valence-electron chi connectivity index (χ0n) is 11.0. The molecular weight excluding hydrogens is 309 g/mol. The van der Waals surface area contributed by atoms with E-state index in [2.05, 4.69) is 5.32 Å². The lowest BCUT2D eigenvalue weighted by atomic mass is 10.0. The highest BCUT2D eigenvalue weighted by atomic mass is 35.5. The summed E-state index contributed by atoms with van der Waals surface area (Å²) >= 11 is 5.47. The summed E-state index contributed by atoms with van der Waals surface area (Å²) in [5.41, 5.74) is -0.259. The highest BCUT2D eigenvalue weighted by molar-refractivity contribution is 6.30. The number of hydrogen-bond donors (Lipinski definition) is 1. The van der Waals surface area contributed by atoms with Crippen LogP contribution in [0, 0.1) is 11.6 Å². The Labute approximate surface area is 127 Å². The van der Waals surface area contributed by atoms with Gasteiger partial charge in [0.2, 0.25) is 0 Å². The Kier molecular flexibility index (Phi) is 6.17. The van der Waals surface area contributed by atoms with Crippen molar-refractivity contribution in [2.45, 2.75) is 18.9 Å². The van der Waals surface area contributed by atoms with Crippen LogP contribution in [0.25, 0.3) is 0 Å². The van der Waals surface area contributed by atoms with Crippen LogP contribution >= 0.6 is 24.0 Å². The molecule has 3 nitrogen and oxygen atoms in total. The zero-order valence-corrected chi connectivity index (χ0v) is 12.5. The van der Waals surface area contributed by atoms with E-state index in [1.54, 1.807) is 4.90 Å². The quantitative estimate of drug-likeness (QED) is 0.848. The number of nitrogens with zero attached hydrogens (tertiary/aromatic N) is 1. The van der Waals surface area contributed by atoms with Gasteiger partial charge in [-0.3, -0.25) is 4.79 Å². The molecule has 0 aromatic heterocycles. The molecule has 0 saturated carbocycles. The van der Waals surface area contributed by atoms with Crippen LogP contribution in [0.3, 0.4) is 0 Å². The van der Waals surface area contributed by atoms with Crippen LogP contribution in [0.1, 0.15) is 23.2 Å². The molecule has 0 atom stereocenters. The van der Waals surface area contributed by atoms with Crippen LogP contribution in [-0.2, 0) is 0 Å². The van der Waals surface area contributed by atoms with Crippen molar-refractivity contribution in [2.75, 3.05) is 20.1 Å². The minimum absolute atomic E-state index is 0. The lowest BCUT2D eigenvalue weighted by Gasteiger charge is -2.31. The standard InChI is InChI=1S/C13H15ClF2N2O.ClH/c1-17-8-2-4-18(5-3-8)13(19)9-6-12(16)10(14)7-11(9)15;/h6-8,17H,2-5H2,1H3;1H. The van der Waals surface area contributed by atoms with Crippen LogP contribution in [-0.4, -0.2) is 37.0 Å². The first-order valence-electron chi connectivity index (χ1n) is 6.14. The van der Waals surface area contributed by atoms with E-state index in [9.17, 15) is 13.6 Å². The third-order valence-electron chi connectivity index (χ3n) is 3.43. The third-order valence-corrected chi connectivity index (χ3v) is 3.72. The number of rotatable bonds is 2. The molecule has 1 aromatic carbocycles. The molecule has 1 N–H and O–H groups in total. The fraction of sp³-hybridized carbons (Fsp3) is 0.462. The number of piperidine rings is 1. The summed E-state index contributed by atoms with van der Waals surface area (Å²) < 4.78 is 27.0. The van der Waals surface area contributed by atoms with Crippen molar-refractivity contribution in [3.05, 3.63) is 34.4 Å². The van der Waals surface area contributed by atoms with Crippen molar-refractivity contribution in [1.82, 2.24) is 10.2 Å². The van der Waals surface area contributed by atoms with Gasteiger partial charge in [0.15, 0.2) is 0 Å². The van der Waals surface area contributed by atoms with Gasteiger partial charge in [-0.25, -0.2) is 8.78 Å². The largest absolute Gasteiger partial charge is 0.338 e. The average Bonchev–Trinajstić information content (AvgIpc) is 2.42. The first-order chi connectivity index (χ1) is 9.02. The summed E-state index contributed by atoms with van der Waals surface area (Å²) in [6.07, 6.45) is 1.61. The van der Waals surface area contributed by atoms with E-state index in [4.69, 9.17) is 11.6 Å². The fourth-order valence-corrected chi connectivity index (χ4v) is 2.38. The van der Waals surface area contributed by atoms with E-state index in [1.807, 2.05) is 7.05 Å². The van der Waals surface area contributed by atoms with E-state index in [1.165, 1.54) is 0 Å². The summed E-state index contributed by atoms with van der Waals surface area (Å²) in [6, 6.07) is 2.07. The second-order valence-corrected chi connectivity index (χ2v) is 5.01. The minimum atomic E-state index is -0.785. The molecule has 0 aliphatic carbocycles. The van der Waals surface area contributed by atoms with Gasteiger partial charge in [0.05, 0.1) is 10.6 Å². The Morgan fingerprint density at radius 3 is 2.45 bits per heavy atom. The first kappa shape index (κ1) is 17.1. The molecule has 1 saturated heterocycles. The van der Waals surface area contributed by atoms with E-state index < -0.39 is 17.5 Å². The van der Waals surface area contributed by atoms with Gasteiger partial charge in [0.1, 0.15) is 11.6 Å².